The van der Waals surface area contributed by atoms with Gasteiger partial charge in [-0.25, -0.2) is 8.42 Å². The van der Waals surface area contributed by atoms with Crippen LogP contribution >= 0.6 is 0 Å². The van der Waals surface area contributed by atoms with Crippen LogP contribution < -0.4 is 0 Å². The molecule has 1 N–H and O–H groups in total. The van der Waals surface area contributed by atoms with Gasteiger partial charge in [-0.15, -0.1) is 0 Å². The van der Waals surface area contributed by atoms with E-state index in [1.165, 1.54) is 12.1 Å². The number of aliphatic hydroxyl groups is 1. The first-order valence-corrected chi connectivity index (χ1v) is 8.07. The lowest BCUT2D eigenvalue weighted by molar-refractivity contribution is -0.137. The van der Waals surface area contributed by atoms with Crippen LogP contribution in [0.5, 0.6) is 0 Å². The number of hydrogen-bond donors (Lipinski definition) is 1. The summed E-state index contributed by atoms with van der Waals surface area (Å²) in [6.45, 7) is -1.69. The van der Waals surface area contributed by atoms with E-state index in [-0.39, 0.29) is 6.61 Å². The summed E-state index contributed by atoms with van der Waals surface area (Å²) in [6, 6.07) is 5.65. The maximum Gasteiger partial charge on any atom is 0.402 e. The minimum atomic E-state index is -4.55. The van der Waals surface area contributed by atoms with Crippen molar-refractivity contribution in [3.05, 3.63) is 35.4 Å². The molecule has 0 bridgehead atoms. The molecule has 0 aromatic heterocycles. The molecule has 21 heavy (non-hydrogen) atoms. The zero-order valence-corrected chi connectivity index (χ0v) is 12.0. The minimum Gasteiger partial charge on any atom is -0.392 e. The summed E-state index contributed by atoms with van der Waals surface area (Å²) >= 11 is 0. The zero-order valence-electron chi connectivity index (χ0n) is 11.2. The zero-order chi connectivity index (χ0) is 15.7. The molecule has 1 fully saturated rings. The minimum absolute atomic E-state index is 0.247. The van der Waals surface area contributed by atoms with Gasteiger partial charge in [-0.3, -0.25) is 0 Å². The Bertz CT molecular complexity index is 597. The highest BCUT2D eigenvalue weighted by molar-refractivity contribution is 7.88. The number of halogens is 3. The summed E-state index contributed by atoms with van der Waals surface area (Å²) in [5, 5.41) is 9.01. The molecule has 1 aliphatic carbocycles. The average molecular weight is 323 g/mol. The van der Waals surface area contributed by atoms with E-state index in [0.717, 1.165) is 0 Å². The topological polar surface area (TPSA) is 57.6 Å². The van der Waals surface area contributed by atoms with E-state index in [0.29, 0.717) is 28.3 Å². The molecule has 0 amide bonds. The SMILES string of the molecule is O=S(=O)(Cc1cccc(CO)c1)N(CC(F)(F)F)C1CC1. The molecular formula is C13H16F3NO3S. The maximum atomic E-state index is 12.5. The predicted molar refractivity (Wildman–Crippen MR) is 70.8 cm³/mol. The van der Waals surface area contributed by atoms with Gasteiger partial charge in [0.1, 0.15) is 6.54 Å². The van der Waals surface area contributed by atoms with Gasteiger partial charge >= 0.3 is 6.18 Å². The Balaban J connectivity index is 2.18. The number of nitrogens with zero attached hydrogens (tertiary/aromatic N) is 1. The Morgan fingerprint density at radius 2 is 1.86 bits per heavy atom. The number of aliphatic hydroxyl groups excluding tert-OH is 1. The number of rotatable bonds is 6. The highest BCUT2D eigenvalue weighted by Gasteiger charge is 2.44. The Hall–Kier alpha value is -1.12. The van der Waals surface area contributed by atoms with Gasteiger partial charge in [0.05, 0.1) is 12.4 Å². The van der Waals surface area contributed by atoms with Crippen molar-refractivity contribution in [2.45, 2.75) is 37.4 Å². The van der Waals surface area contributed by atoms with Crippen LogP contribution in [0.25, 0.3) is 0 Å². The van der Waals surface area contributed by atoms with Gasteiger partial charge in [-0.05, 0) is 24.0 Å². The molecule has 8 heteroatoms. The van der Waals surface area contributed by atoms with Gasteiger partial charge in [0.15, 0.2) is 0 Å². The standard InChI is InChI=1S/C13H16F3NO3S/c14-13(15,16)9-17(12-4-5-12)21(19,20)8-11-3-1-2-10(6-11)7-18/h1-3,6,12,18H,4-5,7-9H2. The second-order valence-corrected chi connectivity index (χ2v) is 7.05. The molecule has 4 nitrogen and oxygen atoms in total. The first-order valence-electron chi connectivity index (χ1n) is 6.46. The molecule has 1 aromatic carbocycles. The van der Waals surface area contributed by atoms with Crippen molar-refractivity contribution in [3.63, 3.8) is 0 Å². The lowest BCUT2D eigenvalue weighted by atomic mass is 10.1. The summed E-state index contributed by atoms with van der Waals surface area (Å²) in [7, 11) is -4.04. The monoisotopic (exact) mass is 323 g/mol. The Labute approximate surface area is 121 Å². The van der Waals surface area contributed by atoms with Crippen LogP contribution in [0.2, 0.25) is 0 Å². The second-order valence-electron chi connectivity index (χ2n) is 5.13. The first-order chi connectivity index (χ1) is 9.71. The normalized spacial score (nSPS) is 16.4. The number of sulfonamides is 1. The number of hydrogen-bond acceptors (Lipinski definition) is 3. The van der Waals surface area contributed by atoms with Gasteiger partial charge in [-0.2, -0.15) is 17.5 Å². The lowest BCUT2D eigenvalue weighted by Gasteiger charge is -2.23. The van der Waals surface area contributed by atoms with Crippen LogP contribution in [0.15, 0.2) is 24.3 Å². The Morgan fingerprint density at radius 3 is 2.38 bits per heavy atom. The van der Waals surface area contributed by atoms with E-state index in [1.54, 1.807) is 12.1 Å². The van der Waals surface area contributed by atoms with Gasteiger partial charge in [0, 0.05) is 6.04 Å². The summed E-state index contributed by atoms with van der Waals surface area (Å²) in [4.78, 5) is 0. The summed E-state index contributed by atoms with van der Waals surface area (Å²) in [5.74, 6) is -0.493. The molecule has 0 spiro atoms. The molecule has 0 heterocycles. The van der Waals surface area contributed by atoms with Crippen molar-refractivity contribution < 1.29 is 26.7 Å². The van der Waals surface area contributed by atoms with Crippen LogP contribution in [0.4, 0.5) is 13.2 Å². The quantitative estimate of drug-likeness (QED) is 0.871. The van der Waals surface area contributed by atoms with Crippen LogP contribution in [-0.4, -0.2) is 36.6 Å². The molecule has 0 atom stereocenters. The van der Waals surface area contributed by atoms with E-state index < -0.39 is 34.5 Å². The smallest absolute Gasteiger partial charge is 0.392 e. The maximum absolute atomic E-state index is 12.5. The molecule has 0 radical (unpaired) electrons. The Kier molecular flexibility index (Phi) is 4.60. The van der Waals surface area contributed by atoms with Crippen molar-refractivity contribution in [3.8, 4) is 0 Å². The van der Waals surface area contributed by atoms with E-state index in [2.05, 4.69) is 0 Å². The summed E-state index contributed by atoms with van der Waals surface area (Å²) in [5.41, 5.74) is 0.894. The van der Waals surface area contributed by atoms with E-state index >= 15 is 0 Å². The summed E-state index contributed by atoms with van der Waals surface area (Å²) < 4.78 is 62.6. The Morgan fingerprint density at radius 1 is 1.24 bits per heavy atom. The molecule has 1 aromatic rings. The molecular weight excluding hydrogens is 307 g/mol. The lowest BCUT2D eigenvalue weighted by Crippen LogP contribution is -2.41. The van der Waals surface area contributed by atoms with E-state index in [9.17, 15) is 21.6 Å². The summed E-state index contributed by atoms with van der Waals surface area (Å²) in [6.07, 6.45) is -3.62. The fourth-order valence-corrected chi connectivity index (χ4v) is 3.88. The molecule has 0 unspecified atom stereocenters. The molecule has 2 rings (SSSR count). The largest absolute Gasteiger partial charge is 0.402 e. The van der Waals surface area contributed by atoms with Crippen LogP contribution in [0, 0.1) is 0 Å². The van der Waals surface area contributed by atoms with Gasteiger partial charge in [0.25, 0.3) is 0 Å². The third kappa shape index (κ3) is 4.69. The van der Waals surface area contributed by atoms with Crippen molar-refractivity contribution in [2.24, 2.45) is 0 Å². The highest BCUT2D eigenvalue weighted by atomic mass is 32.2. The van der Waals surface area contributed by atoms with Crippen LogP contribution in [0.3, 0.4) is 0 Å². The second kappa shape index (κ2) is 5.94. The van der Waals surface area contributed by atoms with E-state index in [1.807, 2.05) is 0 Å². The van der Waals surface area contributed by atoms with Crippen molar-refractivity contribution >= 4 is 10.0 Å². The number of alkyl halides is 3. The van der Waals surface area contributed by atoms with Crippen LogP contribution in [-0.2, 0) is 22.4 Å². The highest BCUT2D eigenvalue weighted by Crippen LogP contribution is 2.33. The van der Waals surface area contributed by atoms with Crippen molar-refractivity contribution in [1.82, 2.24) is 4.31 Å². The van der Waals surface area contributed by atoms with Gasteiger partial charge < -0.3 is 5.11 Å². The molecule has 1 aliphatic rings. The van der Waals surface area contributed by atoms with Crippen LogP contribution in [0.1, 0.15) is 24.0 Å². The fraction of sp³-hybridized carbons (Fsp3) is 0.538. The van der Waals surface area contributed by atoms with E-state index in [4.69, 9.17) is 5.11 Å². The van der Waals surface area contributed by atoms with Crippen molar-refractivity contribution in [2.75, 3.05) is 6.54 Å². The fourth-order valence-electron chi connectivity index (χ4n) is 2.11. The number of benzene rings is 1. The molecule has 1 saturated carbocycles. The average Bonchev–Trinajstić information content (AvgIpc) is 3.18. The molecule has 0 aliphatic heterocycles. The predicted octanol–water partition coefficient (Wildman–Crippen LogP) is 2.04. The molecule has 118 valence electrons. The van der Waals surface area contributed by atoms with Gasteiger partial charge in [0.2, 0.25) is 10.0 Å². The third-order valence-corrected chi connectivity index (χ3v) is 5.01. The molecule has 0 saturated heterocycles. The third-order valence-electron chi connectivity index (χ3n) is 3.17. The van der Waals surface area contributed by atoms with Gasteiger partial charge in [-0.1, -0.05) is 24.3 Å². The first kappa shape index (κ1) is 16.3. The van der Waals surface area contributed by atoms with Crippen molar-refractivity contribution in [1.29, 1.82) is 0 Å².